The van der Waals surface area contributed by atoms with Crippen molar-refractivity contribution in [3.63, 3.8) is 0 Å². The van der Waals surface area contributed by atoms with E-state index in [9.17, 15) is 0 Å². The Morgan fingerprint density at radius 2 is 0.908 bits per heavy atom. The fraction of sp³-hybridized carbons (Fsp3) is 0.150. The van der Waals surface area contributed by atoms with Gasteiger partial charge in [0.1, 0.15) is 0 Å². The van der Waals surface area contributed by atoms with Crippen molar-refractivity contribution in [1.29, 1.82) is 0 Å². The molecule has 12 rings (SSSR count). The number of hydrogen-bond donors (Lipinski definition) is 0. The quantitative estimate of drug-likeness (QED) is 0.168. The summed E-state index contributed by atoms with van der Waals surface area (Å²) >= 11 is 0. The molecule has 5 nitrogen and oxygen atoms in total. The Bertz CT molecular complexity index is 3630. The molecule has 3 aromatic heterocycles. The molecule has 8 aromatic carbocycles. The number of fused-ring (bicyclic) bond motifs is 8. The van der Waals surface area contributed by atoms with E-state index in [4.69, 9.17) is 15.0 Å². The Morgan fingerprint density at radius 3 is 1.57 bits per heavy atom. The summed E-state index contributed by atoms with van der Waals surface area (Å²) in [6.07, 6.45) is 1.17. The van der Waals surface area contributed by atoms with Gasteiger partial charge in [0, 0.05) is 38.4 Å². The van der Waals surface area contributed by atoms with Crippen molar-refractivity contribution in [1.82, 2.24) is 24.1 Å². The smallest absolute Gasteiger partial charge is 0.238 e. The predicted molar refractivity (Wildman–Crippen MR) is 270 cm³/mol. The zero-order chi connectivity index (χ0) is 44.0. The maximum absolute atomic E-state index is 5.29. The molecule has 0 saturated heterocycles. The fourth-order valence-corrected chi connectivity index (χ4v) is 10.8. The van der Waals surface area contributed by atoms with Crippen LogP contribution in [0, 0.1) is 5.92 Å². The van der Waals surface area contributed by atoms with Crippen molar-refractivity contribution in [3.8, 4) is 56.7 Å². The van der Waals surface area contributed by atoms with E-state index in [1.807, 2.05) is 24.3 Å². The van der Waals surface area contributed by atoms with Crippen molar-refractivity contribution in [2.24, 2.45) is 5.92 Å². The van der Waals surface area contributed by atoms with Gasteiger partial charge in [-0.05, 0) is 92.9 Å². The number of nitrogens with zero attached hydrogens (tertiary/aromatic N) is 5. The zero-order valence-electron chi connectivity index (χ0n) is 37.4. The van der Waals surface area contributed by atoms with Crippen LogP contribution in [0.1, 0.15) is 52.2 Å². The SMILES string of the molecule is CC1CC(C)(C)c2cc(-c3cccc(-n4c5ccccc5c5c6c7ccccc7n(-c7nc(-c8ccccc8)nc(-c8ccc(-c9ccccc9)cc8)n7)c6ccc54)c3)ccc2C1(C)C. The van der Waals surface area contributed by atoms with Gasteiger partial charge < -0.3 is 4.57 Å². The highest BCUT2D eigenvalue weighted by Crippen LogP contribution is 2.50. The minimum Gasteiger partial charge on any atom is -0.309 e. The van der Waals surface area contributed by atoms with Crippen LogP contribution in [0.15, 0.2) is 188 Å². The van der Waals surface area contributed by atoms with Crippen molar-refractivity contribution < 1.29 is 0 Å². The van der Waals surface area contributed by atoms with Gasteiger partial charge in [-0.25, -0.2) is 4.98 Å². The van der Waals surface area contributed by atoms with Crippen LogP contribution >= 0.6 is 0 Å². The van der Waals surface area contributed by atoms with E-state index in [1.165, 1.54) is 55.9 Å². The van der Waals surface area contributed by atoms with Gasteiger partial charge in [-0.2, -0.15) is 9.97 Å². The number of benzene rings is 8. The number of aromatic nitrogens is 5. The average Bonchev–Trinajstić information content (AvgIpc) is 3.87. The normalized spacial score (nSPS) is 15.5. The van der Waals surface area contributed by atoms with Crippen LogP contribution in [-0.4, -0.2) is 24.1 Å². The van der Waals surface area contributed by atoms with E-state index >= 15 is 0 Å². The molecule has 1 unspecified atom stereocenters. The summed E-state index contributed by atoms with van der Waals surface area (Å²) in [6.45, 7) is 12.1. The predicted octanol–water partition coefficient (Wildman–Crippen LogP) is 15.3. The molecule has 11 aromatic rings. The first-order chi connectivity index (χ1) is 31.6. The van der Waals surface area contributed by atoms with Crippen LogP contribution in [0.25, 0.3) is 100 Å². The Hall–Kier alpha value is -7.63. The van der Waals surface area contributed by atoms with Gasteiger partial charge in [-0.15, -0.1) is 0 Å². The van der Waals surface area contributed by atoms with Crippen LogP contribution in [0.5, 0.6) is 0 Å². The molecule has 3 heterocycles. The van der Waals surface area contributed by atoms with Crippen molar-refractivity contribution >= 4 is 43.6 Å². The highest BCUT2D eigenvalue weighted by atomic mass is 15.2. The van der Waals surface area contributed by atoms with E-state index < -0.39 is 0 Å². The third-order valence-electron chi connectivity index (χ3n) is 14.5. The van der Waals surface area contributed by atoms with Crippen molar-refractivity contribution in [2.45, 2.75) is 51.9 Å². The maximum Gasteiger partial charge on any atom is 0.238 e. The minimum atomic E-state index is 0.107. The molecule has 0 saturated carbocycles. The zero-order valence-corrected chi connectivity index (χ0v) is 37.4. The van der Waals surface area contributed by atoms with E-state index in [0.29, 0.717) is 23.5 Å². The molecule has 0 N–H and O–H groups in total. The molecular formula is C60H49N5. The van der Waals surface area contributed by atoms with E-state index in [1.54, 1.807) is 0 Å². The molecule has 65 heavy (non-hydrogen) atoms. The van der Waals surface area contributed by atoms with E-state index in [-0.39, 0.29) is 10.8 Å². The third kappa shape index (κ3) is 6.24. The molecule has 314 valence electrons. The second-order valence-corrected chi connectivity index (χ2v) is 19.2. The fourth-order valence-electron chi connectivity index (χ4n) is 10.8. The monoisotopic (exact) mass is 839 g/mol. The summed E-state index contributed by atoms with van der Waals surface area (Å²) < 4.78 is 4.67. The van der Waals surface area contributed by atoms with Crippen LogP contribution < -0.4 is 0 Å². The van der Waals surface area contributed by atoms with Gasteiger partial charge in [-0.3, -0.25) is 4.57 Å². The summed E-state index contributed by atoms with van der Waals surface area (Å²) in [6, 6.07) is 67.5. The minimum absolute atomic E-state index is 0.107. The lowest BCUT2D eigenvalue weighted by Gasteiger charge is -2.46. The lowest BCUT2D eigenvalue weighted by Crippen LogP contribution is -2.40. The Morgan fingerprint density at radius 1 is 0.415 bits per heavy atom. The number of hydrogen-bond acceptors (Lipinski definition) is 3. The van der Waals surface area contributed by atoms with E-state index in [0.717, 1.165) is 44.3 Å². The summed E-state index contributed by atoms with van der Waals surface area (Å²) in [5, 5.41) is 4.73. The summed E-state index contributed by atoms with van der Waals surface area (Å²) in [4.78, 5) is 15.6. The molecule has 1 atom stereocenters. The molecule has 0 amide bonds. The Balaban J connectivity index is 1.05. The van der Waals surface area contributed by atoms with Crippen molar-refractivity contribution in [3.05, 3.63) is 199 Å². The van der Waals surface area contributed by atoms with Gasteiger partial charge in [0.2, 0.25) is 5.95 Å². The lowest BCUT2D eigenvalue weighted by atomic mass is 9.58. The second-order valence-electron chi connectivity index (χ2n) is 19.2. The molecule has 0 spiro atoms. The van der Waals surface area contributed by atoms with E-state index in [2.05, 4.69) is 208 Å². The molecule has 0 radical (unpaired) electrons. The topological polar surface area (TPSA) is 48.5 Å². The first-order valence-electron chi connectivity index (χ1n) is 22.8. The molecule has 0 bridgehead atoms. The first kappa shape index (κ1) is 39.0. The number of para-hydroxylation sites is 2. The largest absolute Gasteiger partial charge is 0.309 e. The van der Waals surface area contributed by atoms with Gasteiger partial charge >= 0.3 is 0 Å². The second kappa shape index (κ2) is 14.7. The molecule has 0 fully saturated rings. The Kier molecular flexibility index (Phi) is 8.83. The van der Waals surface area contributed by atoms with Crippen LogP contribution in [0.3, 0.4) is 0 Å². The Labute approximate surface area is 379 Å². The van der Waals surface area contributed by atoms with Gasteiger partial charge in [0.05, 0.1) is 22.1 Å². The molecule has 1 aliphatic rings. The number of rotatable bonds is 6. The molecular weight excluding hydrogens is 791 g/mol. The molecule has 0 aliphatic heterocycles. The van der Waals surface area contributed by atoms with Crippen LogP contribution in [-0.2, 0) is 10.8 Å². The van der Waals surface area contributed by atoms with Gasteiger partial charge in [-0.1, -0.05) is 186 Å². The maximum atomic E-state index is 5.29. The van der Waals surface area contributed by atoms with Gasteiger partial charge in [0.15, 0.2) is 11.6 Å². The molecule has 1 aliphatic carbocycles. The lowest BCUT2D eigenvalue weighted by molar-refractivity contribution is 0.233. The summed E-state index contributed by atoms with van der Waals surface area (Å²) in [7, 11) is 0. The third-order valence-corrected chi connectivity index (χ3v) is 14.5. The summed E-state index contributed by atoms with van der Waals surface area (Å²) in [5.74, 6) is 2.44. The van der Waals surface area contributed by atoms with Crippen LogP contribution in [0.4, 0.5) is 0 Å². The highest BCUT2D eigenvalue weighted by Gasteiger charge is 2.42. The van der Waals surface area contributed by atoms with Gasteiger partial charge in [0.25, 0.3) is 0 Å². The average molecular weight is 840 g/mol. The summed E-state index contributed by atoms with van der Waals surface area (Å²) in [5.41, 5.74) is 15.4. The van der Waals surface area contributed by atoms with Crippen molar-refractivity contribution in [2.75, 3.05) is 0 Å². The molecule has 5 heteroatoms. The highest BCUT2D eigenvalue weighted by molar-refractivity contribution is 6.28. The standard InChI is InChI=1S/C60H49N5/c1-38-37-59(2,3)49-36-44(31-32-48(49)60(38,4)5)43-21-16-22-45(35-43)64-50-25-14-12-23-46(50)54-52(64)33-34-53-55(54)47-24-13-15-26-51(47)65(53)58-62-56(41-19-10-7-11-20-41)61-57(63-58)42-29-27-40(28-30-42)39-17-8-6-9-18-39/h6-36,38H,37H2,1-5H3. The van der Waals surface area contributed by atoms with Crippen LogP contribution in [0.2, 0.25) is 0 Å². The first-order valence-corrected chi connectivity index (χ1v) is 22.8.